The molecule has 0 bridgehead atoms. The molecular formula is C47H52FN11O4. The van der Waals surface area contributed by atoms with Crippen molar-refractivity contribution in [2.75, 3.05) is 49.5 Å². The highest BCUT2D eigenvalue weighted by Gasteiger charge is 2.34. The molecule has 2 N–H and O–H groups in total. The topological polar surface area (TPSA) is 156 Å². The molecule has 0 saturated carbocycles. The minimum absolute atomic E-state index is 0.0912. The smallest absolute Gasteiger partial charge is 0.329 e. The first-order chi connectivity index (χ1) is 30.5. The van der Waals surface area contributed by atoms with Crippen molar-refractivity contribution in [3.63, 3.8) is 0 Å². The van der Waals surface area contributed by atoms with Crippen LogP contribution in [0.15, 0.2) is 65.7 Å². The molecule has 4 aliphatic rings. The van der Waals surface area contributed by atoms with Gasteiger partial charge in [-0.15, -0.1) is 0 Å². The van der Waals surface area contributed by atoms with Crippen molar-refractivity contribution >= 4 is 56.9 Å². The number of pyridine rings is 2. The molecule has 0 radical (unpaired) electrons. The fourth-order valence-electron chi connectivity index (χ4n) is 10.4. The van der Waals surface area contributed by atoms with E-state index in [-0.39, 0.29) is 42.3 Å². The fourth-order valence-corrected chi connectivity index (χ4v) is 10.4. The van der Waals surface area contributed by atoms with Gasteiger partial charge >= 0.3 is 5.69 Å². The molecule has 1 unspecified atom stereocenters. The number of carbonyl (C=O) groups excluding carboxylic acids is 3. The van der Waals surface area contributed by atoms with Crippen LogP contribution in [0.3, 0.4) is 0 Å². The Morgan fingerprint density at radius 3 is 2.41 bits per heavy atom. The Kier molecular flexibility index (Phi) is 10.6. The van der Waals surface area contributed by atoms with Gasteiger partial charge in [0.2, 0.25) is 17.7 Å². The number of likely N-dealkylation sites (tertiary alicyclic amines) is 1. The molecule has 0 spiro atoms. The summed E-state index contributed by atoms with van der Waals surface area (Å²) in [6.45, 7) is 9.41. The Balaban J connectivity index is 0.725. The number of imide groups is 1. The van der Waals surface area contributed by atoms with Crippen molar-refractivity contribution in [1.82, 2.24) is 44.0 Å². The summed E-state index contributed by atoms with van der Waals surface area (Å²) in [6, 6.07) is 14.6. The van der Waals surface area contributed by atoms with E-state index in [0.717, 1.165) is 97.5 Å². The first kappa shape index (κ1) is 40.6. The molecule has 3 amide bonds. The van der Waals surface area contributed by atoms with E-state index < -0.39 is 11.9 Å². The van der Waals surface area contributed by atoms with Gasteiger partial charge in [0, 0.05) is 112 Å². The minimum Gasteiger partial charge on any atom is -0.370 e. The summed E-state index contributed by atoms with van der Waals surface area (Å²) in [4.78, 5) is 67.6. The summed E-state index contributed by atoms with van der Waals surface area (Å²) >= 11 is 0. The number of halogens is 1. The number of amides is 3. The van der Waals surface area contributed by atoms with Gasteiger partial charge in [-0.2, -0.15) is 5.10 Å². The zero-order valence-electron chi connectivity index (χ0n) is 35.9. The molecule has 3 fully saturated rings. The van der Waals surface area contributed by atoms with E-state index in [4.69, 9.17) is 5.10 Å². The van der Waals surface area contributed by atoms with Crippen LogP contribution in [0.25, 0.3) is 32.9 Å². The number of anilines is 3. The SMILES string of the molecule is Cc1cc(C)c(-c2cc3cc(Nc4cc5n(n4)CC(=O)N(C4CCN(CC6CCN(c7cccc8c7n(C)c(=O)n8C7CCC(=O)NC7=O)CC6)CC4)CC5)ncc3cc2F)cn1. The van der Waals surface area contributed by atoms with Crippen LogP contribution >= 0.6 is 0 Å². The standard InChI is InChI=1S/C47H52FN11O4/c1-28-19-29(2)49-25-36(28)35-20-31-22-41(50-24-32(31)21-37(35)48)51-42-23-34-13-18-57(44(61)27-58(34)53-42)33-11-14-55(15-12-33)26-30-9-16-56(17-10-30)38-5-4-6-39-45(38)54(3)47(63)59(39)40-7-8-43(60)52-46(40)62/h4-6,19-25,30,33,40H,7-18,26-27H2,1-3H3,(H,50,51,53)(H,52,60,62). The number of aryl methyl sites for hydroxylation is 3. The number of hydrogen-bond donors (Lipinski definition) is 2. The Hall–Kier alpha value is -6.42. The molecule has 2 aromatic carbocycles. The first-order valence-corrected chi connectivity index (χ1v) is 22.1. The third-order valence-electron chi connectivity index (χ3n) is 13.8. The number of rotatable bonds is 8. The van der Waals surface area contributed by atoms with Crippen LogP contribution in [0.4, 0.5) is 21.7 Å². The number of para-hydroxylation sites is 1. The van der Waals surface area contributed by atoms with Crippen LogP contribution in [0.5, 0.6) is 0 Å². The molecular weight excluding hydrogens is 802 g/mol. The number of piperidine rings is 3. The van der Waals surface area contributed by atoms with Gasteiger partial charge in [-0.05, 0) is 99.2 Å². The molecule has 0 aliphatic carbocycles. The number of nitrogens with one attached hydrogen (secondary N) is 2. The average molecular weight is 854 g/mol. The van der Waals surface area contributed by atoms with Crippen molar-refractivity contribution in [3.8, 4) is 11.1 Å². The highest BCUT2D eigenvalue weighted by molar-refractivity contribution is 6.00. The summed E-state index contributed by atoms with van der Waals surface area (Å²) in [7, 11) is 1.76. The van der Waals surface area contributed by atoms with Crippen LogP contribution in [-0.2, 0) is 34.4 Å². The summed E-state index contributed by atoms with van der Waals surface area (Å²) in [5.74, 6) is 0.800. The van der Waals surface area contributed by atoms with Crippen molar-refractivity contribution in [2.45, 2.75) is 77.4 Å². The van der Waals surface area contributed by atoms with E-state index in [9.17, 15) is 19.2 Å². The molecule has 3 saturated heterocycles. The second kappa shape index (κ2) is 16.4. The van der Waals surface area contributed by atoms with Crippen LogP contribution < -0.4 is 21.2 Å². The lowest BCUT2D eigenvalue weighted by atomic mass is 9.94. The average Bonchev–Trinajstić information content (AvgIpc) is 3.71. The van der Waals surface area contributed by atoms with Crippen LogP contribution in [0.2, 0.25) is 0 Å². The van der Waals surface area contributed by atoms with E-state index in [0.29, 0.717) is 53.4 Å². The first-order valence-electron chi connectivity index (χ1n) is 22.1. The number of fused-ring (bicyclic) bond motifs is 3. The van der Waals surface area contributed by atoms with Gasteiger partial charge in [0.25, 0.3) is 0 Å². The molecule has 63 heavy (non-hydrogen) atoms. The Morgan fingerprint density at radius 1 is 0.825 bits per heavy atom. The lowest BCUT2D eigenvalue weighted by molar-refractivity contribution is -0.136. The van der Waals surface area contributed by atoms with Crippen molar-refractivity contribution in [3.05, 3.63) is 94.2 Å². The molecule has 4 aromatic heterocycles. The predicted molar refractivity (Wildman–Crippen MR) is 238 cm³/mol. The number of aromatic nitrogens is 6. The molecule has 6 aromatic rings. The lowest BCUT2D eigenvalue weighted by Crippen LogP contribution is -2.49. The van der Waals surface area contributed by atoms with Crippen LogP contribution in [0.1, 0.15) is 61.5 Å². The number of benzene rings is 2. The monoisotopic (exact) mass is 853 g/mol. The molecule has 1 atom stereocenters. The highest BCUT2D eigenvalue weighted by Crippen LogP contribution is 2.34. The second-order valence-corrected chi connectivity index (χ2v) is 17.8. The van der Waals surface area contributed by atoms with Gasteiger partial charge in [-0.25, -0.2) is 14.2 Å². The largest absolute Gasteiger partial charge is 0.370 e. The number of imidazole rings is 1. The molecule has 16 heteroatoms. The third kappa shape index (κ3) is 7.74. The zero-order valence-corrected chi connectivity index (χ0v) is 35.9. The molecule has 4 aliphatic heterocycles. The van der Waals surface area contributed by atoms with Gasteiger partial charge in [0.15, 0.2) is 5.82 Å². The van der Waals surface area contributed by atoms with E-state index in [1.54, 1.807) is 28.6 Å². The van der Waals surface area contributed by atoms with Gasteiger partial charge < -0.3 is 20.0 Å². The second-order valence-electron chi connectivity index (χ2n) is 17.8. The zero-order chi connectivity index (χ0) is 43.5. The van der Waals surface area contributed by atoms with E-state index in [1.165, 1.54) is 6.07 Å². The maximum absolute atomic E-state index is 15.2. The summed E-state index contributed by atoms with van der Waals surface area (Å²) in [5.41, 5.74) is 6.37. The molecule has 15 nitrogen and oxygen atoms in total. The summed E-state index contributed by atoms with van der Waals surface area (Å²) in [5, 5.41) is 12.0. The third-order valence-corrected chi connectivity index (χ3v) is 13.8. The normalized spacial score (nSPS) is 19.5. The van der Waals surface area contributed by atoms with E-state index in [1.807, 2.05) is 54.9 Å². The molecule has 326 valence electrons. The highest BCUT2D eigenvalue weighted by atomic mass is 19.1. The van der Waals surface area contributed by atoms with Crippen molar-refractivity contribution in [1.29, 1.82) is 0 Å². The van der Waals surface area contributed by atoms with Crippen LogP contribution in [-0.4, -0.2) is 102 Å². The van der Waals surface area contributed by atoms with Crippen LogP contribution in [0, 0.1) is 25.6 Å². The summed E-state index contributed by atoms with van der Waals surface area (Å²) in [6.07, 6.45) is 8.56. The maximum atomic E-state index is 15.2. The molecule has 8 heterocycles. The lowest BCUT2D eigenvalue weighted by Gasteiger charge is -2.41. The maximum Gasteiger partial charge on any atom is 0.329 e. The number of carbonyl (C=O) groups is 3. The quantitative estimate of drug-likeness (QED) is 0.191. The Labute approximate surface area is 363 Å². The number of hydrogen-bond acceptors (Lipinski definition) is 10. The fraction of sp³-hybridized carbons (Fsp3) is 0.426. The minimum atomic E-state index is -0.707. The Bertz CT molecular complexity index is 2850. The Morgan fingerprint density at radius 2 is 1.63 bits per heavy atom. The van der Waals surface area contributed by atoms with Gasteiger partial charge in [-0.3, -0.25) is 38.5 Å². The van der Waals surface area contributed by atoms with Crippen molar-refractivity contribution in [2.24, 2.45) is 13.0 Å². The van der Waals surface area contributed by atoms with Crippen molar-refractivity contribution < 1.29 is 18.8 Å². The van der Waals surface area contributed by atoms with Gasteiger partial charge in [-0.1, -0.05) is 6.07 Å². The van der Waals surface area contributed by atoms with Gasteiger partial charge in [0.1, 0.15) is 24.2 Å². The summed E-state index contributed by atoms with van der Waals surface area (Å²) < 4.78 is 20.2. The van der Waals surface area contributed by atoms with Gasteiger partial charge in [0.05, 0.1) is 16.7 Å². The molecule has 10 rings (SSSR count). The number of nitrogens with zero attached hydrogens (tertiary/aromatic N) is 9. The van der Waals surface area contributed by atoms with E-state index in [2.05, 4.69) is 41.4 Å². The van der Waals surface area contributed by atoms with E-state index >= 15 is 4.39 Å². The predicted octanol–water partition coefficient (Wildman–Crippen LogP) is 5.39.